The van der Waals surface area contributed by atoms with Crippen LogP contribution >= 0.6 is 0 Å². The summed E-state index contributed by atoms with van der Waals surface area (Å²) in [6, 6.07) is 22.9. The van der Waals surface area contributed by atoms with Crippen molar-refractivity contribution in [2.24, 2.45) is 0 Å². The van der Waals surface area contributed by atoms with Gasteiger partial charge in [0.2, 0.25) is 5.91 Å². The van der Waals surface area contributed by atoms with Crippen LogP contribution in [0.1, 0.15) is 11.6 Å². The fraction of sp³-hybridized carbons (Fsp3) is 0.167. The number of anilines is 2. The molecule has 0 radical (unpaired) electrons. The smallest absolute Gasteiger partial charge is 0.255 e. The van der Waals surface area contributed by atoms with Gasteiger partial charge in [0.1, 0.15) is 24.1 Å². The van der Waals surface area contributed by atoms with Crippen LogP contribution in [-0.4, -0.2) is 32.6 Å². The summed E-state index contributed by atoms with van der Waals surface area (Å²) in [5.74, 6) is 0.650. The lowest BCUT2D eigenvalue weighted by atomic mass is 9.99. The first-order valence-corrected chi connectivity index (χ1v) is 9.60. The predicted octanol–water partition coefficient (Wildman–Crippen LogP) is 3.82. The number of rotatable bonds is 5. The largest absolute Gasteiger partial charge is 0.495 e. The Morgan fingerprint density at radius 2 is 1.27 bits per heavy atom. The molecule has 0 aromatic heterocycles. The molecule has 0 aliphatic carbocycles. The summed E-state index contributed by atoms with van der Waals surface area (Å²) in [5, 5.41) is 0. The Morgan fingerprint density at radius 3 is 1.90 bits per heavy atom. The highest BCUT2D eigenvalue weighted by Gasteiger charge is 2.43. The van der Waals surface area contributed by atoms with Gasteiger partial charge in [0.05, 0.1) is 25.6 Å². The molecule has 2 amide bonds. The van der Waals surface area contributed by atoms with Crippen LogP contribution in [0.3, 0.4) is 0 Å². The van der Waals surface area contributed by atoms with Crippen LogP contribution in [-0.2, 0) is 9.59 Å². The molecule has 0 bridgehead atoms. The highest BCUT2D eigenvalue weighted by Crippen LogP contribution is 2.40. The van der Waals surface area contributed by atoms with E-state index in [0.717, 1.165) is 5.56 Å². The minimum atomic E-state index is -0.825. The molecule has 1 saturated heterocycles. The lowest BCUT2D eigenvalue weighted by molar-refractivity contribution is -0.128. The van der Waals surface area contributed by atoms with E-state index in [1.165, 1.54) is 9.80 Å². The fourth-order valence-corrected chi connectivity index (χ4v) is 3.78. The van der Waals surface area contributed by atoms with Gasteiger partial charge in [-0.2, -0.15) is 0 Å². The third-order valence-electron chi connectivity index (χ3n) is 5.16. The summed E-state index contributed by atoms with van der Waals surface area (Å²) < 4.78 is 10.9. The van der Waals surface area contributed by atoms with Crippen molar-refractivity contribution in [3.63, 3.8) is 0 Å². The Balaban J connectivity index is 1.85. The highest BCUT2D eigenvalue weighted by molar-refractivity contribution is 6.15. The number of para-hydroxylation sites is 4. The molecule has 30 heavy (non-hydrogen) atoms. The third kappa shape index (κ3) is 3.37. The van der Waals surface area contributed by atoms with Gasteiger partial charge < -0.3 is 9.47 Å². The summed E-state index contributed by atoms with van der Waals surface area (Å²) in [4.78, 5) is 30.2. The van der Waals surface area contributed by atoms with Crippen molar-refractivity contribution in [1.29, 1.82) is 0 Å². The summed E-state index contributed by atoms with van der Waals surface area (Å²) in [7, 11) is 3.10. The van der Waals surface area contributed by atoms with Gasteiger partial charge >= 0.3 is 0 Å². The number of benzene rings is 3. The molecular formula is C24H22N2O4. The SMILES string of the molecule is COc1ccccc1N1CC(=O)N(c2ccccc2OC)C(c2ccccc2)C1=O. The Labute approximate surface area is 175 Å². The summed E-state index contributed by atoms with van der Waals surface area (Å²) in [6.07, 6.45) is 0. The van der Waals surface area contributed by atoms with E-state index in [1.54, 1.807) is 38.5 Å². The first-order chi connectivity index (χ1) is 14.7. The van der Waals surface area contributed by atoms with Crippen molar-refractivity contribution >= 4 is 23.2 Å². The van der Waals surface area contributed by atoms with Crippen molar-refractivity contribution in [1.82, 2.24) is 0 Å². The Hall–Kier alpha value is -3.80. The molecule has 0 saturated carbocycles. The summed E-state index contributed by atoms with van der Waals surface area (Å²) in [6.45, 7) is -0.0966. The van der Waals surface area contributed by atoms with Gasteiger partial charge in [-0.1, -0.05) is 54.6 Å². The average Bonchev–Trinajstić information content (AvgIpc) is 2.80. The standard InChI is InChI=1S/C24H22N2O4/c1-29-20-14-8-6-12-18(20)25-16-22(27)26(19-13-7-9-15-21(19)30-2)23(24(25)28)17-10-4-3-5-11-17/h3-15,23H,16H2,1-2H3. The zero-order valence-corrected chi connectivity index (χ0v) is 16.8. The molecule has 0 N–H and O–H groups in total. The summed E-state index contributed by atoms with van der Waals surface area (Å²) >= 11 is 0. The molecule has 1 aliphatic rings. The van der Waals surface area contributed by atoms with Crippen LogP contribution in [0, 0.1) is 0 Å². The Bertz CT molecular complexity index is 1070. The lowest BCUT2D eigenvalue weighted by Gasteiger charge is -2.41. The average molecular weight is 402 g/mol. The number of amides is 2. The van der Waals surface area contributed by atoms with Gasteiger partial charge in [0.15, 0.2) is 0 Å². The molecule has 4 rings (SSSR count). The molecule has 1 atom stereocenters. The second-order valence-corrected chi connectivity index (χ2v) is 6.85. The third-order valence-corrected chi connectivity index (χ3v) is 5.16. The molecule has 1 heterocycles. The van der Waals surface area contributed by atoms with Gasteiger partial charge in [-0.15, -0.1) is 0 Å². The Kier molecular flexibility index (Phi) is 5.39. The van der Waals surface area contributed by atoms with Crippen molar-refractivity contribution in [2.45, 2.75) is 6.04 Å². The molecule has 0 spiro atoms. The zero-order valence-electron chi connectivity index (χ0n) is 16.8. The van der Waals surface area contributed by atoms with Gasteiger partial charge in [-0.05, 0) is 29.8 Å². The number of methoxy groups -OCH3 is 2. The molecule has 3 aromatic carbocycles. The number of hydrogen-bond acceptors (Lipinski definition) is 4. The molecular weight excluding hydrogens is 380 g/mol. The van der Waals surface area contributed by atoms with Crippen LogP contribution < -0.4 is 19.3 Å². The molecule has 152 valence electrons. The topological polar surface area (TPSA) is 59.1 Å². The number of carbonyl (C=O) groups excluding carboxylic acids is 2. The van der Waals surface area contributed by atoms with Crippen molar-refractivity contribution in [3.8, 4) is 11.5 Å². The van der Waals surface area contributed by atoms with Gasteiger partial charge in [-0.25, -0.2) is 0 Å². The van der Waals surface area contributed by atoms with Crippen LogP contribution in [0.2, 0.25) is 0 Å². The number of hydrogen-bond donors (Lipinski definition) is 0. The quantitative estimate of drug-likeness (QED) is 0.651. The molecule has 1 aliphatic heterocycles. The molecule has 6 heteroatoms. The van der Waals surface area contributed by atoms with Crippen LogP contribution in [0.25, 0.3) is 0 Å². The van der Waals surface area contributed by atoms with E-state index in [0.29, 0.717) is 22.9 Å². The first-order valence-electron chi connectivity index (χ1n) is 9.60. The predicted molar refractivity (Wildman–Crippen MR) is 115 cm³/mol. The number of carbonyl (C=O) groups is 2. The number of piperazine rings is 1. The normalized spacial score (nSPS) is 16.5. The van der Waals surface area contributed by atoms with Gasteiger partial charge in [0.25, 0.3) is 5.91 Å². The monoisotopic (exact) mass is 402 g/mol. The van der Waals surface area contributed by atoms with E-state index in [4.69, 9.17) is 9.47 Å². The maximum absolute atomic E-state index is 13.8. The number of ether oxygens (including phenoxy) is 2. The summed E-state index contributed by atoms with van der Waals surface area (Å²) in [5.41, 5.74) is 1.85. The molecule has 6 nitrogen and oxygen atoms in total. The zero-order chi connectivity index (χ0) is 21.1. The minimum absolute atomic E-state index is 0.0966. The van der Waals surface area contributed by atoms with E-state index in [2.05, 4.69) is 0 Å². The van der Waals surface area contributed by atoms with Crippen molar-refractivity contribution in [2.75, 3.05) is 30.6 Å². The van der Waals surface area contributed by atoms with Crippen LogP contribution in [0.4, 0.5) is 11.4 Å². The van der Waals surface area contributed by atoms with Crippen molar-refractivity contribution < 1.29 is 19.1 Å². The van der Waals surface area contributed by atoms with E-state index in [9.17, 15) is 9.59 Å². The minimum Gasteiger partial charge on any atom is -0.495 e. The van der Waals surface area contributed by atoms with Crippen molar-refractivity contribution in [3.05, 3.63) is 84.4 Å². The lowest BCUT2D eigenvalue weighted by Crippen LogP contribution is -2.56. The Morgan fingerprint density at radius 1 is 0.733 bits per heavy atom. The maximum atomic E-state index is 13.8. The molecule has 1 fully saturated rings. The second-order valence-electron chi connectivity index (χ2n) is 6.85. The van der Waals surface area contributed by atoms with E-state index in [-0.39, 0.29) is 18.4 Å². The fourth-order valence-electron chi connectivity index (χ4n) is 3.78. The first kappa shape index (κ1) is 19.5. The highest BCUT2D eigenvalue weighted by atomic mass is 16.5. The molecule has 3 aromatic rings. The van der Waals surface area contributed by atoms with Crippen LogP contribution in [0.15, 0.2) is 78.9 Å². The maximum Gasteiger partial charge on any atom is 0.255 e. The van der Waals surface area contributed by atoms with Crippen LogP contribution in [0.5, 0.6) is 11.5 Å². The second kappa shape index (κ2) is 8.29. The van der Waals surface area contributed by atoms with E-state index in [1.807, 2.05) is 54.6 Å². The van der Waals surface area contributed by atoms with E-state index < -0.39 is 6.04 Å². The number of nitrogens with zero attached hydrogens (tertiary/aromatic N) is 2. The van der Waals surface area contributed by atoms with Gasteiger partial charge in [0, 0.05) is 0 Å². The van der Waals surface area contributed by atoms with E-state index >= 15 is 0 Å². The van der Waals surface area contributed by atoms with Gasteiger partial charge in [-0.3, -0.25) is 19.4 Å². The molecule has 1 unspecified atom stereocenters.